The van der Waals surface area contributed by atoms with Gasteiger partial charge < -0.3 is 14.2 Å². The highest BCUT2D eigenvalue weighted by Crippen LogP contribution is 2.26. The normalized spacial score (nSPS) is 16.5. The van der Waals surface area contributed by atoms with Crippen LogP contribution in [0.3, 0.4) is 0 Å². The van der Waals surface area contributed by atoms with Crippen LogP contribution >= 0.6 is 0 Å². The van der Waals surface area contributed by atoms with Crippen LogP contribution in [0.2, 0.25) is 0 Å². The molecule has 0 aliphatic carbocycles. The Morgan fingerprint density at radius 1 is 1.14 bits per heavy atom. The van der Waals surface area contributed by atoms with E-state index >= 15 is 0 Å². The van der Waals surface area contributed by atoms with E-state index in [0.717, 1.165) is 29.2 Å². The number of carbonyl (C=O) groups excluding carboxylic acids is 3. The van der Waals surface area contributed by atoms with Crippen molar-refractivity contribution in [2.45, 2.75) is 40.7 Å². The Hall–Kier alpha value is -2.89. The molecule has 0 radical (unpaired) electrons. The Kier molecular flexibility index (Phi) is 5.68. The van der Waals surface area contributed by atoms with Crippen LogP contribution in [0.15, 0.2) is 30.3 Å². The molecule has 0 bridgehead atoms. The molecule has 0 unspecified atom stereocenters. The van der Waals surface area contributed by atoms with Crippen molar-refractivity contribution in [1.29, 1.82) is 0 Å². The molecule has 6 nitrogen and oxygen atoms in total. The third-order valence-corrected chi connectivity index (χ3v) is 5.34. The first-order valence-corrected chi connectivity index (χ1v) is 9.55. The van der Waals surface area contributed by atoms with E-state index in [0.29, 0.717) is 5.56 Å². The van der Waals surface area contributed by atoms with Crippen molar-refractivity contribution in [1.82, 2.24) is 4.57 Å². The minimum absolute atomic E-state index is 0.102. The molecule has 0 saturated carbocycles. The molecule has 1 fully saturated rings. The van der Waals surface area contributed by atoms with Gasteiger partial charge in [-0.3, -0.25) is 14.4 Å². The van der Waals surface area contributed by atoms with Gasteiger partial charge in [-0.25, -0.2) is 0 Å². The molecule has 1 atom stereocenters. The van der Waals surface area contributed by atoms with Gasteiger partial charge >= 0.3 is 5.97 Å². The summed E-state index contributed by atoms with van der Waals surface area (Å²) in [5, 5.41) is 0. The molecule has 1 aliphatic heterocycles. The van der Waals surface area contributed by atoms with E-state index in [4.69, 9.17) is 4.74 Å². The van der Waals surface area contributed by atoms with Crippen LogP contribution in [0.1, 0.15) is 40.7 Å². The zero-order valence-corrected chi connectivity index (χ0v) is 16.8. The van der Waals surface area contributed by atoms with E-state index in [-0.39, 0.29) is 31.3 Å². The molecule has 3 rings (SSSR count). The zero-order chi connectivity index (χ0) is 20.4. The highest BCUT2D eigenvalue weighted by molar-refractivity contribution is 6.01. The van der Waals surface area contributed by atoms with Crippen molar-refractivity contribution in [3.8, 4) is 0 Å². The molecule has 1 amide bonds. The molecule has 1 aliphatic rings. The van der Waals surface area contributed by atoms with Crippen molar-refractivity contribution < 1.29 is 19.1 Å². The minimum Gasteiger partial charge on any atom is -0.457 e. The van der Waals surface area contributed by atoms with Crippen LogP contribution in [-0.2, 0) is 20.9 Å². The minimum atomic E-state index is -0.551. The average molecular weight is 382 g/mol. The highest BCUT2D eigenvalue weighted by Gasteiger charge is 2.36. The van der Waals surface area contributed by atoms with E-state index in [1.807, 2.05) is 62.6 Å². The second-order valence-electron chi connectivity index (χ2n) is 7.30. The maximum absolute atomic E-state index is 12.5. The van der Waals surface area contributed by atoms with Crippen LogP contribution in [0, 0.1) is 26.7 Å². The number of rotatable bonds is 6. The molecule has 1 aromatic carbocycles. The molecule has 2 aromatic rings. The van der Waals surface area contributed by atoms with Gasteiger partial charge in [0, 0.05) is 42.1 Å². The van der Waals surface area contributed by atoms with Crippen LogP contribution in [0.5, 0.6) is 0 Å². The van der Waals surface area contributed by atoms with Gasteiger partial charge in [-0.2, -0.15) is 0 Å². The summed E-state index contributed by atoms with van der Waals surface area (Å²) in [6, 6.07) is 9.43. The first kappa shape index (κ1) is 19.9. The number of hydrogen-bond acceptors (Lipinski definition) is 4. The summed E-state index contributed by atoms with van der Waals surface area (Å²) in [5.41, 5.74) is 4.34. The van der Waals surface area contributed by atoms with E-state index in [2.05, 4.69) is 0 Å². The number of benzene rings is 1. The van der Waals surface area contributed by atoms with Gasteiger partial charge in [-0.15, -0.1) is 0 Å². The fourth-order valence-electron chi connectivity index (χ4n) is 3.74. The van der Waals surface area contributed by atoms with Gasteiger partial charge in [0.05, 0.1) is 5.92 Å². The molecule has 0 N–H and O–H groups in total. The van der Waals surface area contributed by atoms with Gasteiger partial charge in [0.25, 0.3) is 0 Å². The Morgan fingerprint density at radius 2 is 1.82 bits per heavy atom. The SMILES string of the molecule is CCn1c(C)cc(C(=O)COC(=O)[C@H]2CC(=O)N(c3ccc(C)cc3)C2)c1C. The Morgan fingerprint density at radius 3 is 2.43 bits per heavy atom. The number of hydrogen-bond donors (Lipinski definition) is 0. The summed E-state index contributed by atoms with van der Waals surface area (Å²) in [6.07, 6.45) is 0.102. The molecule has 6 heteroatoms. The summed E-state index contributed by atoms with van der Waals surface area (Å²) >= 11 is 0. The van der Waals surface area contributed by atoms with E-state index < -0.39 is 11.9 Å². The number of Topliss-reactive ketones (excluding diaryl/α,β-unsaturated/α-hetero) is 1. The Balaban J connectivity index is 1.60. The fourth-order valence-corrected chi connectivity index (χ4v) is 3.74. The van der Waals surface area contributed by atoms with Crippen LogP contribution in [0.25, 0.3) is 0 Å². The quantitative estimate of drug-likeness (QED) is 0.568. The van der Waals surface area contributed by atoms with Crippen LogP contribution in [-0.4, -0.2) is 35.4 Å². The lowest BCUT2D eigenvalue weighted by Crippen LogP contribution is -2.27. The average Bonchev–Trinajstić information content (AvgIpc) is 3.19. The number of nitrogens with zero attached hydrogens (tertiary/aromatic N) is 2. The van der Waals surface area contributed by atoms with Gasteiger partial charge in [0.1, 0.15) is 0 Å². The van der Waals surface area contributed by atoms with Crippen LogP contribution in [0.4, 0.5) is 5.69 Å². The second kappa shape index (κ2) is 8.00. The largest absolute Gasteiger partial charge is 0.457 e. The van der Waals surface area contributed by atoms with Gasteiger partial charge in [0.15, 0.2) is 6.61 Å². The third-order valence-electron chi connectivity index (χ3n) is 5.34. The number of esters is 1. The topological polar surface area (TPSA) is 68.6 Å². The molecule has 1 aromatic heterocycles. The van der Waals surface area contributed by atoms with Crippen molar-refractivity contribution in [3.63, 3.8) is 0 Å². The molecule has 28 heavy (non-hydrogen) atoms. The Bertz CT molecular complexity index is 911. The molecular weight excluding hydrogens is 356 g/mol. The second-order valence-corrected chi connectivity index (χ2v) is 7.30. The first-order valence-electron chi connectivity index (χ1n) is 9.55. The summed E-state index contributed by atoms with van der Waals surface area (Å²) in [5.74, 6) is -1.38. The number of anilines is 1. The predicted molar refractivity (Wildman–Crippen MR) is 107 cm³/mol. The highest BCUT2D eigenvalue weighted by atomic mass is 16.5. The van der Waals surface area contributed by atoms with Crippen molar-refractivity contribution >= 4 is 23.3 Å². The number of ketones is 1. The summed E-state index contributed by atoms with van der Waals surface area (Å²) < 4.78 is 7.30. The maximum atomic E-state index is 12.5. The van der Waals surface area contributed by atoms with Crippen molar-refractivity contribution in [2.24, 2.45) is 5.92 Å². The number of aryl methyl sites for hydroxylation is 2. The third kappa shape index (κ3) is 3.86. The van der Waals surface area contributed by atoms with Crippen molar-refractivity contribution in [2.75, 3.05) is 18.1 Å². The van der Waals surface area contributed by atoms with Crippen LogP contribution < -0.4 is 4.90 Å². The van der Waals surface area contributed by atoms with Gasteiger partial charge in [-0.05, 0) is 45.9 Å². The molecule has 148 valence electrons. The summed E-state index contributed by atoms with van der Waals surface area (Å²) in [6.45, 7) is 8.59. The number of carbonyl (C=O) groups is 3. The smallest absolute Gasteiger partial charge is 0.311 e. The molecule has 0 spiro atoms. The summed E-state index contributed by atoms with van der Waals surface area (Å²) in [4.78, 5) is 38.8. The zero-order valence-electron chi connectivity index (χ0n) is 16.8. The molecular formula is C22H26N2O4. The predicted octanol–water partition coefficient (Wildman–Crippen LogP) is 3.21. The number of aromatic nitrogens is 1. The lowest BCUT2D eigenvalue weighted by atomic mass is 10.1. The monoisotopic (exact) mass is 382 g/mol. The van der Waals surface area contributed by atoms with Gasteiger partial charge in [-0.1, -0.05) is 17.7 Å². The fraction of sp³-hybridized carbons (Fsp3) is 0.409. The molecule has 2 heterocycles. The van der Waals surface area contributed by atoms with E-state index in [1.54, 1.807) is 4.90 Å². The molecule has 1 saturated heterocycles. The van der Waals surface area contributed by atoms with E-state index in [1.165, 1.54) is 0 Å². The lowest BCUT2D eigenvalue weighted by Gasteiger charge is -2.16. The number of amides is 1. The Labute approximate surface area is 165 Å². The van der Waals surface area contributed by atoms with Gasteiger partial charge in [0.2, 0.25) is 11.7 Å². The summed E-state index contributed by atoms with van der Waals surface area (Å²) in [7, 11) is 0. The number of ether oxygens (including phenoxy) is 1. The lowest BCUT2D eigenvalue weighted by molar-refractivity contribution is -0.147. The maximum Gasteiger partial charge on any atom is 0.311 e. The van der Waals surface area contributed by atoms with Crippen molar-refractivity contribution in [3.05, 3.63) is 52.8 Å². The standard InChI is InChI=1S/C22H26N2O4/c1-5-23-15(3)10-19(16(23)4)20(25)13-28-22(27)17-11-21(26)24(12-17)18-8-6-14(2)7-9-18/h6-10,17H,5,11-13H2,1-4H3/t17-/m0/s1. The first-order chi connectivity index (χ1) is 13.3. The van der Waals surface area contributed by atoms with E-state index in [9.17, 15) is 14.4 Å².